The number of aliphatic hydroxyl groups is 1. The molecule has 31 heavy (non-hydrogen) atoms. The first-order valence-corrected chi connectivity index (χ1v) is 13.1. The number of nitrogens with one attached hydrogen (secondary N) is 1. The molecule has 2 N–H and O–H groups in total. The molecule has 9 unspecified atom stereocenters. The number of hydrogen-bond donors (Lipinski definition) is 2. The van der Waals surface area contributed by atoms with Crippen LogP contribution < -0.4 is 5.32 Å². The van der Waals surface area contributed by atoms with E-state index in [1.54, 1.807) is 0 Å². The number of hydrogen-bond acceptors (Lipinski definition) is 5. The highest BCUT2D eigenvalue weighted by Crippen LogP contribution is 2.55. The molecule has 3 heterocycles. The van der Waals surface area contributed by atoms with E-state index in [-0.39, 0.29) is 18.1 Å². The van der Waals surface area contributed by atoms with Gasteiger partial charge < -0.3 is 15.2 Å². The molecule has 1 amide bonds. The molecule has 2 fully saturated rings. The second-order valence-corrected chi connectivity index (χ2v) is 11.8. The number of rotatable bonds is 4. The molecule has 0 saturated carbocycles. The Hall–Kier alpha value is -0.530. The van der Waals surface area contributed by atoms with Crippen LogP contribution in [0.5, 0.6) is 0 Å². The van der Waals surface area contributed by atoms with E-state index in [2.05, 4.69) is 37.0 Å². The Balaban J connectivity index is 1.72. The zero-order valence-corrected chi connectivity index (χ0v) is 20.7. The molecule has 0 aromatic carbocycles. The number of ether oxygens (including phenoxy) is 1. The SMILES string of the molecule is CCNC(=O)CC1OC(C2CC=C(Cl)CC2)C2C(C)C(C)SC2C2CN(C)C(O)C=C12. The Morgan fingerprint density at radius 1 is 1.42 bits per heavy atom. The second kappa shape index (κ2) is 9.76. The van der Waals surface area contributed by atoms with Gasteiger partial charge in [-0.15, -0.1) is 0 Å². The first-order chi connectivity index (χ1) is 14.8. The fourth-order valence-corrected chi connectivity index (χ4v) is 8.16. The van der Waals surface area contributed by atoms with Crippen LogP contribution in [0.15, 0.2) is 22.8 Å². The molecule has 7 heteroatoms. The normalized spacial score (nSPS) is 43.4. The maximum Gasteiger partial charge on any atom is 0.222 e. The Labute approximate surface area is 196 Å². The van der Waals surface area contributed by atoms with Crippen LogP contribution in [0.3, 0.4) is 0 Å². The van der Waals surface area contributed by atoms with Crippen molar-refractivity contribution in [2.45, 2.75) is 75.4 Å². The summed E-state index contributed by atoms with van der Waals surface area (Å²) in [4.78, 5) is 14.6. The van der Waals surface area contributed by atoms with Gasteiger partial charge in [0, 0.05) is 40.5 Å². The van der Waals surface area contributed by atoms with E-state index >= 15 is 0 Å². The summed E-state index contributed by atoms with van der Waals surface area (Å²) in [5.41, 5.74) is 1.13. The zero-order chi connectivity index (χ0) is 22.3. The Bertz CT molecular complexity index is 744. The van der Waals surface area contributed by atoms with Gasteiger partial charge in [-0.25, -0.2) is 0 Å². The van der Waals surface area contributed by atoms with E-state index in [1.807, 2.05) is 24.9 Å². The summed E-state index contributed by atoms with van der Waals surface area (Å²) in [5, 5.41) is 15.5. The van der Waals surface area contributed by atoms with Gasteiger partial charge in [-0.05, 0) is 56.7 Å². The molecule has 174 valence electrons. The quantitative estimate of drug-likeness (QED) is 0.615. The van der Waals surface area contributed by atoms with Crippen molar-refractivity contribution in [2.75, 3.05) is 20.1 Å². The molecule has 4 aliphatic rings. The summed E-state index contributed by atoms with van der Waals surface area (Å²) in [5.74, 6) is 1.72. The van der Waals surface area contributed by atoms with Crippen molar-refractivity contribution in [3.05, 3.63) is 22.8 Å². The van der Waals surface area contributed by atoms with Gasteiger partial charge in [0.25, 0.3) is 0 Å². The van der Waals surface area contributed by atoms with Crippen molar-refractivity contribution in [3.63, 3.8) is 0 Å². The number of carbonyl (C=O) groups excluding carboxylic acids is 1. The van der Waals surface area contributed by atoms with Crippen LogP contribution in [0.25, 0.3) is 0 Å². The number of aliphatic hydroxyl groups excluding tert-OH is 1. The van der Waals surface area contributed by atoms with Crippen LogP contribution in [-0.2, 0) is 9.53 Å². The molecule has 0 radical (unpaired) electrons. The molecule has 1 aliphatic carbocycles. The lowest BCUT2D eigenvalue weighted by atomic mass is 9.72. The molecule has 0 aromatic heterocycles. The highest BCUT2D eigenvalue weighted by Gasteiger charge is 2.54. The number of allylic oxidation sites excluding steroid dienone is 2. The zero-order valence-electron chi connectivity index (χ0n) is 19.1. The number of amides is 1. The third-order valence-corrected chi connectivity index (χ3v) is 10.0. The van der Waals surface area contributed by atoms with E-state index in [9.17, 15) is 9.90 Å². The van der Waals surface area contributed by atoms with Crippen molar-refractivity contribution < 1.29 is 14.6 Å². The number of fused-ring (bicyclic) bond motifs is 3. The molecule has 2 saturated heterocycles. The summed E-state index contributed by atoms with van der Waals surface area (Å²) in [6, 6.07) is 0. The lowest BCUT2D eigenvalue weighted by Gasteiger charge is -2.39. The van der Waals surface area contributed by atoms with Crippen molar-refractivity contribution in [2.24, 2.45) is 23.7 Å². The predicted octanol–water partition coefficient (Wildman–Crippen LogP) is 3.77. The number of nitrogens with zero attached hydrogens (tertiary/aromatic N) is 1. The molecule has 0 bridgehead atoms. The number of thioether (sulfide) groups is 1. The average molecular weight is 469 g/mol. The predicted molar refractivity (Wildman–Crippen MR) is 127 cm³/mol. The topological polar surface area (TPSA) is 61.8 Å². The van der Waals surface area contributed by atoms with Gasteiger partial charge in [-0.3, -0.25) is 9.69 Å². The van der Waals surface area contributed by atoms with Crippen LogP contribution >= 0.6 is 23.4 Å². The molecule has 9 atom stereocenters. The molecule has 5 nitrogen and oxygen atoms in total. The summed E-state index contributed by atoms with van der Waals surface area (Å²) in [6.07, 6.45) is 6.54. The van der Waals surface area contributed by atoms with Gasteiger partial charge >= 0.3 is 0 Å². The van der Waals surface area contributed by atoms with E-state index in [1.165, 1.54) is 0 Å². The first-order valence-electron chi connectivity index (χ1n) is 11.8. The summed E-state index contributed by atoms with van der Waals surface area (Å²) < 4.78 is 6.94. The summed E-state index contributed by atoms with van der Waals surface area (Å²) >= 11 is 8.39. The highest BCUT2D eigenvalue weighted by molar-refractivity contribution is 8.00. The Morgan fingerprint density at radius 3 is 2.87 bits per heavy atom. The summed E-state index contributed by atoms with van der Waals surface area (Å²) in [7, 11) is 1.98. The van der Waals surface area contributed by atoms with E-state index in [0.29, 0.717) is 47.1 Å². The number of carbonyl (C=O) groups is 1. The largest absolute Gasteiger partial charge is 0.375 e. The maximum atomic E-state index is 12.6. The minimum Gasteiger partial charge on any atom is -0.375 e. The molecular formula is C24H37ClN2O3S. The van der Waals surface area contributed by atoms with Gasteiger partial charge in [-0.1, -0.05) is 31.5 Å². The average Bonchev–Trinajstić information content (AvgIpc) is 2.95. The third kappa shape index (κ3) is 4.74. The fraction of sp³-hybridized carbons (Fsp3) is 0.792. The van der Waals surface area contributed by atoms with Gasteiger partial charge in [0.15, 0.2) is 0 Å². The molecule has 0 aromatic rings. The van der Waals surface area contributed by atoms with Crippen LogP contribution in [0, 0.1) is 23.7 Å². The fourth-order valence-electron chi connectivity index (χ4n) is 6.02. The lowest BCUT2D eigenvalue weighted by molar-refractivity contribution is -0.126. The van der Waals surface area contributed by atoms with Crippen LogP contribution in [-0.4, -0.2) is 65.0 Å². The summed E-state index contributed by atoms with van der Waals surface area (Å²) in [6.45, 7) is 8.08. The second-order valence-electron chi connectivity index (χ2n) is 9.80. The van der Waals surface area contributed by atoms with Gasteiger partial charge in [0.2, 0.25) is 5.91 Å². The van der Waals surface area contributed by atoms with E-state index in [0.717, 1.165) is 36.4 Å². The van der Waals surface area contributed by atoms with E-state index < -0.39 is 6.23 Å². The maximum absolute atomic E-state index is 12.6. The smallest absolute Gasteiger partial charge is 0.222 e. The lowest BCUT2D eigenvalue weighted by Crippen LogP contribution is -2.45. The Morgan fingerprint density at radius 2 is 2.19 bits per heavy atom. The van der Waals surface area contributed by atoms with Crippen LogP contribution in [0.4, 0.5) is 0 Å². The van der Waals surface area contributed by atoms with Gasteiger partial charge in [0.05, 0.1) is 18.6 Å². The third-order valence-electron chi connectivity index (χ3n) is 7.88. The van der Waals surface area contributed by atoms with Crippen LogP contribution in [0.1, 0.15) is 46.5 Å². The van der Waals surface area contributed by atoms with Gasteiger partial charge in [-0.2, -0.15) is 11.8 Å². The molecule has 0 spiro atoms. The van der Waals surface area contributed by atoms with Crippen LogP contribution in [0.2, 0.25) is 0 Å². The minimum absolute atomic E-state index is 0.0204. The molecule has 3 aliphatic heterocycles. The van der Waals surface area contributed by atoms with Crippen molar-refractivity contribution in [1.29, 1.82) is 0 Å². The number of halogens is 1. The minimum atomic E-state index is -0.626. The van der Waals surface area contributed by atoms with Crippen molar-refractivity contribution in [3.8, 4) is 0 Å². The molecule has 4 rings (SSSR count). The molecular weight excluding hydrogens is 432 g/mol. The highest BCUT2D eigenvalue weighted by atomic mass is 35.5. The number of likely N-dealkylation sites (N-methyl/N-ethyl adjacent to an activating group) is 1. The van der Waals surface area contributed by atoms with E-state index in [4.69, 9.17) is 16.3 Å². The van der Waals surface area contributed by atoms with Crippen molar-refractivity contribution in [1.82, 2.24) is 10.2 Å². The standard InChI is InChI=1S/C24H37ClN2O3S/c1-5-26-20(28)11-19-17-10-21(29)27(4)12-18(17)24-22(13(2)14(3)31-24)23(30-19)15-6-8-16(25)9-7-15/h8,10,13-15,18-19,21-24,29H,5-7,9,11-12H2,1-4H3,(H,26,28). The monoisotopic (exact) mass is 468 g/mol. The van der Waals surface area contributed by atoms with Gasteiger partial charge in [0.1, 0.15) is 6.23 Å². The van der Waals surface area contributed by atoms with Crippen molar-refractivity contribution >= 4 is 29.3 Å². The first kappa shape index (κ1) is 23.6. The Kier molecular flexibility index (Phi) is 7.44.